The topological polar surface area (TPSA) is 38.2 Å². The van der Waals surface area contributed by atoms with E-state index in [1.807, 2.05) is 6.07 Å². The Labute approximate surface area is 113 Å². The number of piperidine rings is 1. The van der Waals surface area contributed by atoms with Gasteiger partial charge < -0.3 is 4.74 Å². The smallest absolute Gasteiger partial charge is 0.151 e. The quantitative estimate of drug-likeness (QED) is 0.823. The van der Waals surface area contributed by atoms with Gasteiger partial charge in [0.15, 0.2) is 5.15 Å². The number of aromatic nitrogens is 2. The number of halogens is 1. The molecular weight excluding hydrogens is 250 g/mol. The van der Waals surface area contributed by atoms with E-state index in [4.69, 9.17) is 16.3 Å². The molecule has 1 atom stereocenters. The molecule has 0 N–H and O–H groups in total. The van der Waals surface area contributed by atoms with Crippen molar-refractivity contribution in [2.75, 3.05) is 19.7 Å². The molecule has 0 saturated carbocycles. The summed E-state index contributed by atoms with van der Waals surface area (Å²) in [5.74, 6) is 0. The minimum Gasteiger partial charge on any atom is -0.377 e. The van der Waals surface area contributed by atoms with Crippen LogP contribution in [0, 0.1) is 0 Å². The number of likely N-dealkylation sites (tertiary alicyclic amines) is 1. The van der Waals surface area contributed by atoms with E-state index in [1.165, 1.54) is 12.8 Å². The zero-order valence-electron chi connectivity index (χ0n) is 10.8. The van der Waals surface area contributed by atoms with Gasteiger partial charge in [-0.2, -0.15) is 5.10 Å². The van der Waals surface area contributed by atoms with Crippen LogP contribution in [0.25, 0.3) is 0 Å². The molecule has 2 heterocycles. The van der Waals surface area contributed by atoms with Crippen LogP contribution in [0.2, 0.25) is 5.15 Å². The molecule has 0 radical (unpaired) electrons. The van der Waals surface area contributed by atoms with Crippen LogP contribution in [-0.2, 0) is 11.3 Å². The van der Waals surface area contributed by atoms with Crippen LogP contribution < -0.4 is 0 Å². The van der Waals surface area contributed by atoms with Gasteiger partial charge in [-0.15, -0.1) is 5.10 Å². The first kappa shape index (κ1) is 13.7. The highest BCUT2D eigenvalue weighted by Gasteiger charge is 2.20. The summed E-state index contributed by atoms with van der Waals surface area (Å²) in [4.78, 5) is 2.38. The third kappa shape index (κ3) is 4.19. The van der Waals surface area contributed by atoms with Crippen LogP contribution in [0.1, 0.15) is 31.9 Å². The molecule has 0 bridgehead atoms. The highest BCUT2D eigenvalue weighted by Crippen LogP contribution is 2.15. The van der Waals surface area contributed by atoms with Gasteiger partial charge in [0.25, 0.3) is 0 Å². The number of nitrogens with zero attached hydrogens (tertiary/aromatic N) is 3. The van der Waals surface area contributed by atoms with Gasteiger partial charge in [0, 0.05) is 19.7 Å². The second-order valence-corrected chi connectivity index (χ2v) is 5.10. The maximum atomic E-state index is 5.82. The summed E-state index contributed by atoms with van der Waals surface area (Å²) >= 11 is 5.73. The average molecular weight is 270 g/mol. The highest BCUT2D eigenvalue weighted by molar-refractivity contribution is 6.29. The summed E-state index contributed by atoms with van der Waals surface area (Å²) in [7, 11) is 0. The van der Waals surface area contributed by atoms with E-state index in [0.717, 1.165) is 38.4 Å². The fourth-order valence-electron chi connectivity index (χ4n) is 2.23. The van der Waals surface area contributed by atoms with Gasteiger partial charge >= 0.3 is 0 Å². The van der Waals surface area contributed by atoms with Crippen LogP contribution in [0.3, 0.4) is 0 Å². The molecule has 18 heavy (non-hydrogen) atoms. The van der Waals surface area contributed by atoms with Crippen LogP contribution >= 0.6 is 11.6 Å². The fraction of sp³-hybridized carbons (Fsp3) is 0.692. The molecule has 1 saturated heterocycles. The van der Waals surface area contributed by atoms with Gasteiger partial charge in [-0.1, -0.05) is 18.5 Å². The maximum absolute atomic E-state index is 5.82. The molecule has 1 aromatic rings. The monoisotopic (exact) mass is 269 g/mol. The van der Waals surface area contributed by atoms with Crippen LogP contribution in [0.4, 0.5) is 0 Å². The van der Waals surface area contributed by atoms with Gasteiger partial charge in [0.1, 0.15) is 0 Å². The van der Waals surface area contributed by atoms with Crippen molar-refractivity contribution >= 4 is 11.6 Å². The lowest BCUT2D eigenvalue weighted by Gasteiger charge is -2.32. The number of rotatable bonds is 5. The molecule has 1 aliphatic rings. The Hall–Kier alpha value is -0.710. The Morgan fingerprint density at radius 3 is 3.06 bits per heavy atom. The van der Waals surface area contributed by atoms with Crippen molar-refractivity contribution in [3.05, 3.63) is 23.0 Å². The predicted octanol–water partition coefficient (Wildman–Crippen LogP) is 2.52. The van der Waals surface area contributed by atoms with Gasteiger partial charge in [0.2, 0.25) is 0 Å². The molecular formula is C13H20ClN3O. The predicted molar refractivity (Wildman–Crippen MR) is 71.6 cm³/mol. The van der Waals surface area contributed by atoms with Crippen LogP contribution in [0.15, 0.2) is 12.1 Å². The third-order valence-electron chi connectivity index (χ3n) is 3.09. The normalized spacial score (nSPS) is 21.1. The van der Waals surface area contributed by atoms with E-state index in [1.54, 1.807) is 6.07 Å². The minimum atomic E-state index is 0.374. The van der Waals surface area contributed by atoms with E-state index in [2.05, 4.69) is 22.0 Å². The van der Waals surface area contributed by atoms with Crippen molar-refractivity contribution in [3.63, 3.8) is 0 Å². The molecule has 1 aromatic heterocycles. The fourth-order valence-corrected chi connectivity index (χ4v) is 2.34. The molecule has 0 aliphatic carbocycles. The van der Waals surface area contributed by atoms with Crippen LogP contribution in [-0.4, -0.2) is 40.9 Å². The van der Waals surface area contributed by atoms with Crippen molar-refractivity contribution < 1.29 is 4.74 Å². The molecule has 1 unspecified atom stereocenters. The largest absolute Gasteiger partial charge is 0.377 e. The zero-order valence-corrected chi connectivity index (χ0v) is 11.6. The Morgan fingerprint density at radius 2 is 2.33 bits per heavy atom. The molecule has 1 fully saturated rings. The molecule has 0 spiro atoms. The standard InChI is InChI=1S/C13H20ClN3O/c1-2-8-18-12-4-3-7-17(10-12)9-11-5-6-13(14)16-15-11/h5-6,12H,2-4,7-10H2,1H3. The summed E-state index contributed by atoms with van der Waals surface area (Å²) in [6.45, 7) is 5.93. The Balaban J connectivity index is 1.83. The van der Waals surface area contributed by atoms with E-state index in [0.29, 0.717) is 11.3 Å². The lowest BCUT2D eigenvalue weighted by atomic mass is 10.1. The first-order chi connectivity index (χ1) is 8.78. The Kier molecular flexibility index (Phi) is 5.35. The van der Waals surface area contributed by atoms with Crippen molar-refractivity contribution in [2.24, 2.45) is 0 Å². The van der Waals surface area contributed by atoms with Crippen molar-refractivity contribution in [2.45, 2.75) is 38.8 Å². The van der Waals surface area contributed by atoms with Gasteiger partial charge in [-0.05, 0) is 37.9 Å². The zero-order chi connectivity index (χ0) is 12.8. The van der Waals surface area contributed by atoms with E-state index >= 15 is 0 Å². The molecule has 100 valence electrons. The van der Waals surface area contributed by atoms with Crippen LogP contribution in [0.5, 0.6) is 0 Å². The summed E-state index contributed by atoms with van der Waals surface area (Å²) in [5.41, 5.74) is 0.968. The van der Waals surface area contributed by atoms with E-state index in [9.17, 15) is 0 Å². The Morgan fingerprint density at radius 1 is 1.44 bits per heavy atom. The summed E-state index contributed by atoms with van der Waals surface area (Å²) < 4.78 is 5.82. The molecule has 4 nitrogen and oxygen atoms in total. The second kappa shape index (κ2) is 7.02. The first-order valence-electron chi connectivity index (χ1n) is 6.60. The van der Waals surface area contributed by atoms with Crippen molar-refractivity contribution in [1.82, 2.24) is 15.1 Å². The van der Waals surface area contributed by atoms with Gasteiger partial charge in [-0.25, -0.2) is 0 Å². The molecule has 0 aromatic carbocycles. The average Bonchev–Trinajstić information content (AvgIpc) is 2.40. The molecule has 5 heteroatoms. The van der Waals surface area contributed by atoms with Crippen molar-refractivity contribution in [3.8, 4) is 0 Å². The lowest BCUT2D eigenvalue weighted by molar-refractivity contribution is -0.00258. The first-order valence-corrected chi connectivity index (χ1v) is 6.98. The highest BCUT2D eigenvalue weighted by atomic mass is 35.5. The summed E-state index contributed by atoms with van der Waals surface area (Å²) in [6, 6.07) is 3.73. The number of hydrogen-bond donors (Lipinski definition) is 0. The van der Waals surface area contributed by atoms with E-state index < -0.39 is 0 Å². The maximum Gasteiger partial charge on any atom is 0.151 e. The van der Waals surface area contributed by atoms with E-state index in [-0.39, 0.29) is 0 Å². The SMILES string of the molecule is CCCOC1CCCN(Cc2ccc(Cl)nn2)C1. The van der Waals surface area contributed by atoms with Gasteiger partial charge in [-0.3, -0.25) is 4.90 Å². The van der Waals surface area contributed by atoms with Crippen molar-refractivity contribution in [1.29, 1.82) is 0 Å². The minimum absolute atomic E-state index is 0.374. The molecule has 0 amide bonds. The third-order valence-corrected chi connectivity index (χ3v) is 3.29. The Bertz CT molecular complexity index is 358. The summed E-state index contributed by atoms with van der Waals surface area (Å²) in [5, 5.41) is 8.41. The molecule has 1 aliphatic heterocycles. The van der Waals surface area contributed by atoms with Gasteiger partial charge in [0.05, 0.1) is 11.8 Å². The second-order valence-electron chi connectivity index (χ2n) is 4.72. The number of hydrogen-bond acceptors (Lipinski definition) is 4. The number of ether oxygens (including phenoxy) is 1. The summed E-state index contributed by atoms with van der Waals surface area (Å²) in [6.07, 6.45) is 3.82. The lowest BCUT2D eigenvalue weighted by Crippen LogP contribution is -2.39. The molecule has 2 rings (SSSR count).